The number of nitrogens with zero attached hydrogens (tertiary/aromatic N) is 5. The lowest BCUT2D eigenvalue weighted by Crippen LogP contribution is -2.37. The van der Waals surface area contributed by atoms with E-state index in [1.54, 1.807) is 12.1 Å². The first-order valence-electron chi connectivity index (χ1n) is 12.5. The van der Waals surface area contributed by atoms with Gasteiger partial charge in [0, 0.05) is 49.9 Å². The molecule has 0 amide bonds. The van der Waals surface area contributed by atoms with Gasteiger partial charge >= 0.3 is 0 Å². The molecule has 1 fully saturated rings. The Balaban J connectivity index is 1.94. The molecule has 1 aliphatic rings. The summed E-state index contributed by atoms with van der Waals surface area (Å²) in [7, 11) is -4.11. The van der Waals surface area contributed by atoms with Crippen LogP contribution < -0.4 is 10.3 Å². The van der Waals surface area contributed by atoms with Gasteiger partial charge in [-0.05, 0) is 36.8 Å². The molecule has 206 valence electrons. The minimum Gasteiger partial charge on any atom is -0.366 e. The minimum atomic E-state index is -4.11. The minimum absolute atomic E-state index is 0.0348. The summed E-state index contributed by atoms with van der Waals surface area (Å²) in [6.07, 6.45) is 3.31. The van der Waals surface area contributed by atoms with Gasteiger partial charge in [-0.25, -0.2) is 8.42 Å². The molecule has 0 aromatic heterocycles. The number of anilines is 2. The molecule has 1 heterocycles. The Morgan fingerprint density at radius 2 is 1.63 bits per heavy atom. The van der Waals surface area contributed by atoms with Gasteiger partial charge in [-0.2, -0.15) is 9.41 Å². The third kappa shape index (κ3) is 7.04. The maximum Gasteiger partial charge on any atom is 0.293 e. The van der Waals surface area contributed by atoms with E-state index < -0.39 is 19.9 Å². The zero-order chi connectivity index (χ0) is 28.0. The molecule has 1 N–H and O–H groups in total. The molecule has 2 aromatic rings. The lowest BCUT2D eigenvalue weighted by atomic mass is 10.1. The van der Waals surface area contributed by atoms with Crippen molar-refractivity contribution in [3.63, 3.8) is 0 Å². The first-order chi connectivity index (χ1) is 17.9. The molecule has 0 bridgehead atoms. The largest absolute Gasteiger partial charge is 0.366 e. The Kier molecular flexibility index (Phi) is 9.39. The number of sulfonamides is 1. The normalized spacial score (nSPS) is 14.2. The summed E-state index contributed by atoms with van der Waals surface area (Å²) in [4.78, 5) is 23.7. The van der Waals surface area contributed by atoms with Gasteiger partial charge in [0.1, 0.15) is 10.6 Å². The molecule has 0 spiro atoms. The molecule has 1 aliphatic heterocycles. The van der Waals surface area contributed by atoms with E-state index in [2.05, 4.69) is 10.5 Å². The third-order valence-electron chi connectivity index (χ3n) is 5.97. The monoisotopic (exact) mass is 546 g/mol. The van der Waals surface area contributed by atoms with Crippen LogP contribution in [0.1, 0.15) is 46.1 Å². The molecule has 1 saturated heterocycles. The summed E-state index contributed by atoms with van der Waals surface area (Å²) >= 11 is 0. The number of hydrogen-bond acceptors (Lipinski definition) is 9. The molecule has 0 saturated carbocycles. The van der Waals surface area contributed by atoms with Gasteiger partial charge in [0.05, 0.1) is 21.7 Å². The summed E-state index contributed by atoms with van der Waals surface area (Å²) < 4.78 is 28.6. The van der Waals surface area contributed by atoms with E-state index in [4.69, 9.17) is 0 Å². The lowest BCUT2D eigenvalue weighted by Gasteiger charge is -2.26. The number of hydrogen-bond donors (Lipinski definition) is 1. The molecule has 38 heavy (non-hydrogen) atoms. The van der Waals surface area contributed by atoms with Crippen LogP contribution in [0.3, 0.4) is 0 Å². The SMILES string of the molecule is CC(C)CN(CC(C)C)S(=O)(=O)c1cc([N+](=O)[O-])ccc1N/N=C/c1ccc(N2CCCC2)c([N+](=O)[O-])c1. The molecule has 0 unspecified atom stereocenters. The second kappa shape index (κ2) is 12.3. The highest BCUT2D eigenvalue weighted by Crippen LogP contribution is 2.32. The van der Waals surface area contributed by atoms with Crippen LogP contribution in [0, 0.1) is 32.1 Å². The van der Waals surface area contributed by atoms with E-state index >= 15 is 0 Å². The van der Waals surface area contributed by atoms with E-state index in [1.165, 1.54) is 28.7 Å². The molecule has 0 atom stereocenters. The lowest BCUT2D eigenvalue weighted by molar-refractivity contribution is -0.385. The second-order valence-electron chi connectivity index (χ2n) is 10.1. The fraction of sp³-hybridized carbons (Fsp3) is 0.480. The van der Waals surface area contributed by atoms with Crippen molar-refractivity contribution in [1.82, 2.24) is 4.31 Å². The molecule has 3 rings (SSSR count). The van der Waals surface area contributed by atoms with Gasteiger partial charge in [-0.1, -0.05) is 33.8 Å². The Morgan fingerprint density at radius 3 is 2.18 bits per heavy atom. The maximum atomic E-state index is 13.6. The third-order valence-corrected chi connectivity index (χ3v) is 7.84. The molecular weight excluding hydrogens is 512 g/mol. The quantitative estimate of drug-likeness (QED) is 0.225. The average Bonchev–Trinajstić information content (AvgIpc) is 3.37. The molecule has 0 radical (unpaired) electrons. The predicted octanol–water partition coefficient (Wildman–Crippen LogP) is 4.85. The van der Waals surface area contributed by atoms with Gasteiger partial charge in [-0.3, -0.25) is 25.7 Å². The van der Waals surface area contributed by atoms with Gasteiger partial charge in [-0.15, -0.1) is 0 Å². The number of nitrogens with one attached hydrogen (secondary N) is 1. The zero-order valence-electron chi connectivity index (χ0n) is 22.0. The topological polar surface area (TPSA) is 151 Å². The molecule has 0 aliphatic carbocycles. The molecular formula is C25H34N6O6S. The second-order valence-corrected chi connectivity index (χ2v) is 12.0. The van der Waals surface area contributed by atoms with Crippen molar-refractivity contribution in [3.8, 4) is 0 Å². The fourth-order valence-electron chi connectivity index (χ4n) is 4.32. The Bertz CT molecular complexity index is 1300. The van der Waals surface area contributed by atoms with Crippen LogP contribution in [0.4, 0.5) is 22.7 Å². The molecule has 12 nitrogen and oxygen atoms in total. The van der Waals surface area contributed by atoms with Crippen LogP contribution in [0.5, 0.6) is 0 Å². The van der Waals surface area contributed by atoms with Crippen molar-refractivity contribution in [1.29, 1.82) is 0 Å². The van der Waals surface area contributed by atoms with Crippen molar-refractivity contribution in [2.75, 3.05) is 36.5 Å². The predicted molar refractivity (Wildman–Crippen MR) is 147 cm³/mol. The number of benzene rings is 2. The standard InChI is InChI=1S/C25H34N6O6S/c1-18(2)16-29(17-19(3)4)38(36,37)25-14-21(30(32)33)8-9-22(25)27-26-15-20-7-10-23(24(13-20)31(34)35)28-11-5-6-12-28/h7-10,13-15,18-19,27H,5-6,11-12,16-17H2,1-4H3/b26-15+. The highest BCUT2D eigenvalue weighted by Gasteiger charge is 2.30. The number of nitro groups is 2. The van der Waals surface area contributed by atoms with Crippen molar-refractivity contribution < 1.29 is 18.3 Å². The summed E-state index contributed by atoms with van der Waals surface area (Å²) in [6, 6.07) is 8.32. The summed E-state index contributed by atoms with van der Waals surface area (Å²) in [5.41, 5.74) is 3.34. The van der Waals surface area contributed by atoms with Gasteiger partial charge < -0.3 is 4.90 Å². The number of nitro benzene ring substituents is 2. The molecule has 2 aromatic carbocycles. The fourth-order valence-corrected chi connectivity index (χ4v) is 6.25. The van der Waals surface area contributed by atoms with Crippen LogP contribution in [0.15, 0.2) is 46.4 Å². The summed E-state index contributed by atoms with van der Waals surface area (Å²) in [5, 5.41) is 27.2. The first kappa shape index (κ1) is 29.0. The van der Waals surface area contributed by atoms with Gasteiger partial charge in [0.2, 0.25) is 10.0 Å². The van der Waals surface area contributed by atoms with Crippen molar-refractivity contribution >= 4 is 39.0 Å². The Labute approximate surface area is 222 Å². The first-order valence-corrected chi connectivity index (χ1v) is 13.9. The highest BCUT2D eigenvalue weighted by molar-refractivity contribution is 7.89. The van der Waals surface area contributed by atoms with Gasteiger partial charge in [0.25, 0.3) is 11.4 Å². The molecule has 13 heteroatoms. The summed E-state index contributed by atoms with van der Waals surface area (Å²) in [6.45, 7) is 9.61. The average molecular weight is 547 g/mol. The van der Waals surface area contributed by atoms with E-state index in [-0.39, 0.29) is 46.9 Å². The summed E-state index contributed by atoms with van der Waals surface area (Å²) in [5.74, 6) is 0.0759. The number of hydrazone groups is 1. The maximum absolute atomic E-state index is 13.6. The van der Waals surface area contributed by atoms with Crippen LogP contribution in [-0.2, 0) is 10.0 Å². The van der Waals surface area contributed by atoms with Crippen molar-refractivity contribution in [2.45, 2.75) is 45.4 Å². The van der Waals surface area contributed by atoms with Crippen LogP contribution >= 0.6 is 0 Å². The van der Waals surface area contributed by atoms with E-state index in [9.17, 15) is 28.6 Å². The van der Waals surface area contributed by atoms with E-state index in [1.807, 2.05) is 32.6 Å². The highest BCUT2D eigenvalue weighted by atomic mass is 32.2. The van der Waals surface area contributed by atoms with E-state index in [0.717, 1.165) is 32.0 Å². The Morgan fingerprint density at radius 1 is 1.00 bits per heavy atom. The van der Waals surface area contributed by atoms with Crippen LogP contribution in [0.25, 0.3) is 0 Å². The Hall–Kier alpha value is -3.58. The van der Waals surface area contributed by atoms with Crippen LogP contribution in [0.2, 0.25) is 0 Å². The zero-order valence-corrected chi connectivity index (χ0v) is 22.8. The van der Waals surface area contributed by atoms with Crippen LogP contribution in [-0.4, -0.2) is 55.0 Å². The van der Waals surface area contributed by atoms with Crippen molar-refractivity contribution in [2.24, 2.45) is 16.9 Å². The van der Waals surface area contributed by atoms with Gasteiger partial charge in [0.15, 0.2) is 0 Å². The number of non-ortho nitro benzene ring substituents is 1. The number of rotatable bonds is 12. The smallest absolute Gasteiger partial charge is 0.293 e. The van der Waals surface area contributed by atoms with E-state index in [0.29, 0.717) is 11.3 Å². The van der Waals surface area contributed by atoms with Crippen molar-refractivity contribution in [3.05, 3.63) is 62.2 Å².